The number of Topliss-reactive ketones (excluding diaryl/α,β-unsaturated/α-hetero) is 1. The predicted octanol–water partition coefficient (Wildman–Crippen LogP) is 6.07. The number of fused-ring (bicyclic) bond motifs is 4. The second kappa shape index (κ2) is 7.15. The first-order valence-electron chi connectivity index (χ1n) is 11.5. The van der Waals surface area contributed by atoms with Gasteiger partial charge in [0, 0.05) is 40.4 Å². The van der Waals surface area contributed by atoms with Gasteiger partial charge in [-0.05, 0) is 48.2 Å². The van der Waals surface area contributed by atoms with E-state index in [1.165, 1.54) is 12.1 Å². The van der Waals surface area contributed by atoms with Gasteiger partial charge in [-0.1, -0.05) is 42.5 Å². The van der Waals surface area contributed by atoms with Crippen LogP contribution in [0.3, 0.4) is 0 Å². The number of allylic oxidation sites excluding steroid dienone is 2. The zero-order chi connectivity index (χ0) is 22.8. The van der Waals surface area contributed by atoms with Crippen molar-refractivity contribution < 1.29 is 9.18 Å². The highest BCUT2D eigenvalue weighted by atomic mass is 19.1. The predicted molar refractivity (Wildman–Crippen MR) is 130 cm³/mol. The van der Waals surface area contributed by atoms with Crippen molar-refractivity contribution in [1.29, 1.82) is 0 Å². The monoisotopic (exact) mass is 448 g/mol. The number of imidazole rings is 1. The molecule has 5 nitrogen and oxygen atoms in total. The Balaban J connectivity index is 1.44. The molecule has 3 aromatic carbocycles. The molecule has 0 unspecified atom stereocenters. The van der Waals surface area contributed by atoms with Gasteiger partial charge in [-0.3, -0.25) is 9.36 Å². The van der Waals surface area contributed by atoms with Crippen molar-refractivity contribution in [3.8, 4) is 0 Å². The molecule has 2 atom stereocenters. The molecule has 7 rings (SSSR count). The van der Waals surface area contributed by atoms with Crippen LogP contribution in [0.15, 0.2) is 90.3 Å². The van der Waals surface area contributed by atoms with Crippen LogP contribution in [0.5, 0.6) is 0 Å². The molecule has 2 aromatic heterocycles. The first-order chi connectivity index (χ1) is 16.7. The van der Waals surface area contributed by atoms with Gasteiger partial charge in [0.05, 0.1) is 17.1 Å². The van der Waals surface area contributed by atoms with Gasteiger partial charge in [-0.25, -0.2) is 9.37 Å². The average molecular weight is 449 g/mol. The van der Waals surface area contributed by atoms with E-state index in [-0.39, 0.29) is 23.6 Å². The molecule has 1 aliphatic heterocycles. The molecule has 166 valence electrons. The Labute approximate surface area is 194 Å². The highest BCUT2D eigenvalue weighted by Gasteiger charge is 2.40. The number of carbonyl (C=O) groups is 1. The molecular formula is C28H21FN4O. The minimum Gasteiger partial charge on any atom is -0.361 e. The Bertz CT molecular complexity index is 1630. The summed E-state index contributed by atoms with van der Waals surface area (Å²) in [4.78, 5) is 22.0. The van der Waals surface area contributed by atoms with Crippen molar-refractivity contribution in [3.63, 3.8) is 0 Å². The van der Waals surface area contributed by atoms with Crippen molar-refractivity contribution in [3.05, 3.63) is 107 Å². The molecule has 0 fully saturated rings. The Morgan fingerprint density at radius 2 is 1.74 bits per heavy atom. The van der Waals surface area contributed by atoms with Crippen molar-refractivity contribution in [2.45, 2.75) is 24.8 Å². The fourth-order valence-electron chi connectivity index (χ4n) is 5.61. The van der Waals surface area contributed by atoms with Gasteiger partial charge >= 0.3 is 0 Å². The molecular weight excluding hydrogens is 427 g/mol. The summed E-state index contributed by atoms with van der Waals surface area (Å²) >= 11 is 0. The number of aromatic nitrogens is 3. The number of nitrogens with one attached hydrogen (secondary N) is 2. The maximum Gasteiger partial charge on any atom is 0.209 e. The maximum absolute atomic E-state index is 13.8. The summed E-state index contributed by atoms with van der Waals surface area (Å²) in [7, 11) is 0. The lowest BCUT2D eigenvalue weighted by Gasteiger charge is -2.36. The number of aromatic amines is 1. The van der Waals surface area contributed by atoms with Crippen LogP contribution < -0.4 is 5.32 Å². The highest BCUT2D eigenvalue weighted by Crippen LogP contribution is 2.47. The Hall–Kier alpha value is -4.19. The lowest BCUT2D eigenvalue weighted by molar-refractivity contribution is -0.116. The zero-order valence-electron chi connectivity index (χ0n) is 18.3. The van der Waals surface area contributed by atoms with Crippen molar-refractivity contribution >= 4 is 33.7 Å². The second-order valence-corrected chi connectivity index (χ2v) is 9.08. The SMILES string of the molecule is O=C1C[C@@H](c2ccc(F)cc2)CC2=C1[C@H](c1c[nH]c3ccccc13)n1c(nc3ccccc31)N2. The van der Waals surface area contributed by atoms with Gasteiger partial charge in [0.1, 0.15) is 5.82 Å². The Morgan fingerprint density at radius 3 is 2.62 bits per heavy atom. The number of hydrogen-bond donors (Lipinski definition) is 2. The van der Waals surface area contributed by atoms with Gasteiger partial charge in [0.2, 0.25) is 5.95 Å². The molecule has 0 spiro atoms. The van der Waals surface area contributed by atoms with E-state index in [4.69, 9.17) is 4.98 Å². The van der Waals surface area contributed by atoms with Crippen molar-refractivity contribution in [1.82, 2.24) is 14.5 Å². The summed E-state index contributed by atoms with van der Waals surface area (Å²) in [6, 6.07) is 22.4. The topological polar surface area (TPSA) is 62.7 Å². The molecule has 3 heterocycles. The number of anilines is 1. The summed E-state index contributed by atoms with van der Waals surface area (Å²) in [5.74, 6) is 0.582. The number of ketones is 1. The van der Waals surface area contributed by atoms with Crippen LogP contribution in [0.2, 0.25) is 0 Å². The first kappa shape index (κ1) is 19.3. The van der Waals surface area contributed by atoms with Crippen LogP contribution in [0, 0.1) is 5.82 Å². The number of carbonyl (C=O) groups excluding carboxylic acids is 1. The number of halogens is 1. The number of nitrogens with zero attached hydrogens (tertiary/aromatic N) is 2. The third-order valence-electron chi connectivity index (χ3n) is 7.16. The molecule has 0 amide bonds. The fourth-order valence-corrected chi connectivity index (χ4v) is 5.61. The number of hydrogen-bond acceptors (Lipinski definition) is 3. The molecule has 0 saturated carbocycles. The summed E-state index contributed by atoms with van der Waals surface area (Å²) in [5.41, 5.74) is 6.64. The highest BCUT2D eigenvalue weighted by molar-refractivity contribution is 6.02. The van der Waals surface area contributed by atoms with Gasteiger partial charge in [0.25, 0.3) is 0 Å². The normalized spacial score (nSPS) is 19.9. The van der Waals surface area contributed by atoms with E-state index < -0.39 is 0 Å². The standard InChI is InChI=1S/C28H21FN4O/c29-18-11-9-16(10-12-18)17-13-23-26(25(34)14-17)27(20-15-30-21-6-2-1-5-19(20)21)33-24-8-4-3-7-22(24)31-28(33)32-23/h1-12,15,17,27,30H,13-14H2,(H,31,32)/t17-,27-/m0/s1. The minimum absolute atomic E-state index is 0.00102. The van der Waals surface area contributed by atoms with Crippen LogP contribution in [0.1, 0.15) is 35.9 Å². The van der Waals surface area contributed by atoms with Crippen LogP contribution in [0.25, 0.3) is 21.9 Å². The van der Waals surface area contributed by atoms with E-state index in [0.717, 1.165) is 50.3 Å². The largest absolute Gasteiger partial charge is 0.361 e. The van der Waals surface area contributed by atoms with Crippen LogP contribution in [-0.2, 0) is 4.79 Å². The molecule has 6 heteroatoms. The third-order valence-corrected chi connectivity index (χ3v) is 7.16. The molecule has 0 saturated heterocycles. The van der Waals surface area contributed by atoms with Gasteiger partial charge < -0.3 is 10.3 Å². The summed E-state index contributed by atoms with van der Waals surface area (Å²) in [6.07, 6.45) is 3.09. The number of rotatable bonds is 2. The summed E-state index contributed by atoms with van der Waals surface area (Å²) in [5, 5.41) is 4.59. The lowest BCUT2D eigenvalue weighted by atomic mass is 9.77. The average Bonchev–Trinajstić information content (AvgIpc) is 3.44. The zero-order valence-corrected chi connectivity index (χ0v) is 18.3. The fraction of sp³-hybridized carbons (Fsp3) is 0.143. The van der Waals surface area contributed by atoms with E-state index in [0.29, 0.717) is 12.8 Å². The van der Waals surface area contributed by atoms with Crippen molar-refractivity contribution in [2.24, 2.45) is 0 Å². The molecule has 5 aromatic rings. The summed E-state index contributed by atoms with van der Waals surface area (Å²) in [6.45, 7) is 0. The third kappa shape index (κ3) is 2.78. The number of benzene rings is 3. The molecule has 2 aliphatic rings. The smallest absolute Gasteiger partial charge is 0.209 e. The second-order valence-electron chi connectivity index (χ2n) is 9.08. The van der Waals surface area contributed by atoms with Crippen molar-refractivity contribution in [2.75, 3.05) is 5.32 Å². The van der Waals surface area contributed by atoms with Gasteiger partial charge in [0.15, 0.2) is 5.78 Å². The summed E-state index contributed by atoms with van der Waals surface area (Å²) < 4.78 is 15.7. The quantitative estimate of drug-likeness (QED) is 0.344. The van der Waals surface area contributed by atoms with E-state index >= 15 is 0 Å². The number of H-pyrrole nitrogens is 1. The van der Waals surface area contributed by atoms with Crippen LogP contribution in [-0.4, -0.2) is 20.3 Å². The first-order valence-corrected chi connectivity index (χ1v) is 11.5. The van der Waals surface area contributed by atoms with Crippen LogP contribution in [0.4, 0.5) is 10.3 Å². The van der Waals surface area contributed by atoms with E-state index in [1.807, 2.05) is 36.5 Å². The molecule has 0 radical (unpaired) electrons. The van der Waals surface area contributed by atoms with E-state index in [9.17, 15) is 9.18 Å². The van der Waals surface area contributed by atoms with Gasteiger partial charge in [-0.2, -0.15) is 0 Å². The maximum atomic E-state index is 13.8. The minimum atomic E-state index is -0.281. The van der Waals surface area contributed by atoms with E-state index in [2.05, 4.69) is 33.1 Å². The molecule has 34 heavy (non-hydrogen) atoms. The number of para-hydroxylation sites is 3. The Kier molecular flexibility index (Phi) is 4.06. The molecule has 1 aliphatic carbocycles. The molecule has 0 bridgehead atoms. The van der Waals surface area contributed by atoms with E-state index in [1.54, 1.807) is 12.1 Å². The van der Waals surface area contributed by atoms with Crippen LogP contribution >= 0.6 is 0 Å². The Morgan fingerprint density at radius 1 is 0.941 bits per heavy atom. The lowest BCUT2D eigenvalue weighted by Crippen LogP contribution is -2.33. The van der Waals surface area contributed by atoms with Gasteiger partial charge in [-0.15, -0.1) is 0 Å². The molecule has 2 N–H and O–H groups in total.